The van der Waals surface area contributed by atoms with Gasteiger partial charge in [0, 0.05) is 12.8 Å². The van der Waals surface area contributed by atoms with Crippen LogP contribution in [-0.4, -0.2) is 34.9 Å². The van der Waals surface area contributed by atoms with E-state index in [1.807, 2.05) is 62.4 Å². The van der Waals surface area contributed by atoms with Crippen LogP contribution in [0.5, 0.6) is 0 Å². The summed E-state index contributed by atoms with van der Waals surface area (Å²) in [5, 5.41) is 0. The predicted octanol–water partition coefficient (Wildman–Crippen LogP) is 7.12. The molecule has 0 spiro atoms. The molecule has 0 saturated heterocycles. The summed E-state index contributed by atoms with van der Waals surface area (Å²) in [4.78, 5) is 22.4. The quantitative estimate of drug-likeness (QED) is 0.165. The van der Waals surface area contributed by atoms with Crippen LogP contribution in [0.2, 0.25) is 0 Å². The van der Waals surface area contributed by atoms with E-state index < -0.39 is 9.75 Å². The summed E-state index contributed by atoms with van der Waals surface area (Å²) < 4.78 is 10.6. The molecule has 0 aromatic heterocycles. The van der Waals surface area contributed by atoms with Gasteiger partial charge in [-0.15, -0.1) is 23.2 Å². The minimum atomic E-state index is -1.09. The number of carbonyl (C=O) groups is 2. The van der Waals surface area contributed by atoms with Crippen LogP contribution in [0.4, 0.5) is 0 Å². The Bertz CT molecular complexity index is 841. The van der Waals surface area contributed by atoms with Crippen LogP contribution in [0.25, 0.3) is 11.1 Å². The molecule has 34 heavy (non-hydrogen) atoms. The van der Waals surface area contributed by atoms with Crippen molar-refractivity contribution in [3.63, 3.8) is 0 Å². The van der Waals surface area contributed by atoms with Crippen molar-refractivity contribution in [3.8, 4) is 11.1 Å². The Morgan fingerprint density at radius 3 is 1.29 bits per heavy atom. The molecular weight excluding hydrogens is 471 g/mol. The van der Waals surface area contributed by atoms with Gasteiger partial charge in [-0.25, -0.2) is 0 Å². The second-order valence-electron chi connectivity index (χ2n) is 9.12. The molecule has 0 radical (unpaired) electrons. The molecule has 2 aromatic carbocycles. The molecule has 6 heteroatoms. The Morgan fingerprint density at radius 1 is 0.676 bits per heavy atom. The standard InChI is InChI=1S/C28H36Cl2O4/c1-5-7-17-33-25(31)27(3,29)19-21-9-13-23(14-10-21)24-15-11-22(12-16-24)20-28(4,30)26(32)34-18-8-6-2/h9-16H,5-8,17-20H2,1-4H3/t27-,28+. The highest BCUT2D eigenvalue weighted by molar-refractivity contribution is 6.34. The number of hydrogen-bond acceptors (Lipinski definition) is 4. The topological polar surface area (TPSA) is 52.6 Å². The first-order valence-electron chi connectivity index (χ1n) is 12.0. The number of rotatable bonds is 13. The van der Waals surface area contributed by atoms with Gasteiger partial charge in [-0.3, -0.25) is 9.59 Å². The van der Waals surface area contributed by atoms with Crippen LogP contribution >= 0.6 is 23.2 Å². The third-order valence-corrected chi connectivity index (χ3v) is 6.20. The van der Waals surface area contributed by atoms with Crippen molar-refractivity contribution in [2.24, 2.45) is 0 Å². The smallest absolute Gasteiger partial charge is 0.327 e. The first-order valence-corrected chi connectivity index (χ1v) is 12.7. The molecule has 0 bridgehead atoms. The van der Waals surface area contributed by atoms with E-state index in [2.05, 4.69) is 0 Å². The van der Waals surface area contributed by atoms with E-state index in [1.54, 1.807) is 13.8 Å². The van der Waals surface area contributed by atoms with Crippen molar-refractivity contribution in [3.05, 3.63) is 59.7 Å². The summed E-state index contributed by atoms with van der Waals surface area (Å²) in [5.41, 5.74) is 4.02. The average Bonchev–Trinajstić information content (AvgIpc) is 2.80. The normalized spacial score (nSPS) is 14.6. The lowest BCUT2D eigenvalue weighted by atomic mass is 9.95. The Morgan fingerprint density at radius 2 is 1.00 bits per heavy atom. The van der Waals surface area contributed by atoms with E-state index in [-0.39, 0.29) is 11.9 Å². The molecule has 0 aliphatic carbocycles. The summed E-state index contributed by atoms with van der Waals surface area (Å²) >= 11 is 12.9. The highest BCUT2D eigenvalue weighted by Crippen LogP contribution is 2.27. The van der Waals surface area contributed by atoms with Crippen LogP contribution in [0, 0.1) is 0 Å². The Labute approximate surface area is 213 Å². The largest absolute Gasteiger partial charge is 0.464 e. The first kappa shape index (κ1) is 28.2. The highest BCUT2D eigenvalue weighted by Gasteiger charge is 2.33. The number of ether oxygens (including phenoxy) is 2. The summed E-state index contributed by atoms with van der Waals surface area (Å²) in [6, 6.07) is 16.0. The molecule has 2 rings (SSSR count). The molecule has 0 aliphatic rings. The van der Waals surface area contributed by atoms with Gasteiger partial charge in [-0.2, -0.15) is 0 Å². The summed E-state index contributed by atoms with van der Waals surface area (Å²) in [7, 11) is 0. The van der Waals surface area contributed by atoms with Gasteiger partial charge in [0.25, 0.3) is 0 Å². The van der Waals surface area contributed by atoms with Crippen LogP contribution < -0.4 is 0 Å². The Hall–Kier alpha value is -2.04. The van der Waals surface area contributed by atoms with Crippen molar-refractivity contribution >= 4 is 35.1 Å². The second-order valence-corrected chi connectivity index (χ2v) is 10.8. The third-order valence-electron chi connectivity index (χ3n) is 5.63. The number of esters is 2. The van der Waals surface area contributed by atoms with Crippen LogP contribution in [0.3, 0.4) is 0 Å². The molecule has 186 valence electrons. The van der Waals surface area contributed by atoms with E-state index in [1.165, 1.54) is 0 Å². The number of benzene rings is 2. The third kappa shape index (κ3) is 8.63. The number of halogens is 2. The van der Waals surface area contributed by atoms with E-state index in [0.717, 1.165) is 47.9 Å². The first-order chi connectivity index (χ1) is 16.1. The van der Waals surface area contributed by atoms with Crippen LogP contribution in [0.1, 0.15) is 64.5 Å². The van der Waals surface area contributed by atoms with Gasteiger partial charge in [-0.05, 0) is 48.9 Å². The van der Waals surface area contributed by atoms with Gasteiger partial charge in [0.2, 0.25) is 0 Å². The molecule has 0 N–H and O–H groups in total. The zero-order chi connectivity index (χ0) is 25.2. The molecule has 0 amide bonds. The summed E-state index contributed by atoms with van der Waals surface area (Å²) in [6.45, 7) is 8.27. The number of alkyl halides is 2. The monoisotopic (exact) mass is 506 g/mol. The van der Waals surface area contributed by atoms with Crippen molar-refractivity contribution < 1.29 is 19.1 Å². The molecule has 0 unspecified atom stereocenters. The minimum absolute atomic E-state index is 0.386. The van der Waals surface area contributed by atoms with Crippen molar-refractivity contribution in [2.45, 2.75) is 76.0 Å². The van der Waals surface area contributed by atoms with E-state index in [9.17, 15) is 9.59 Å². The van der Waals surface area contributed by atoms with E-state index in [0.29, 0.717) is 26.1 Å². The maximum absolute atomic E-state index is 12.3. The van der Waals surface area contributed by atoms with E-state index >= 15 is 0 Å². The SMILES string of the molecule is CCCCOC(=O)[C@@](C)(Cl)Cc1ccc(-c2ccc(C[C@@](C)(Cl)C(=O)OCCCC)cc2)cc1. The lowest BCUT2D eigenvalue weighted by Gasteiger charge is -2.21. The summed E-state index contributed by atoms with van der Waals surface area (Å²) in [6.07, 6.45) is 4.37. The molecular formula is C28H36Cl2O4. The zero-order valence-corrected chi connectivity index (χ0v) is 22.2. The molecule has 0 saturated carbocycles. The highest BCUT2D eigenvalue weighted by atomic mass is 35.5. The molecule has 0 aliphatic heterocycles. The van der Waals surface area contributed by atoms with Gasteiger partial charge < -0.3 is 9.47 Å². The Balaban J connectivity index is 1.98. The Kier molecular flexibility index (Phi) is 10.9. The van der Waals surface area contributed by atoms with Gasteiger partial charge >= 0.3 is 11.9 Å². The maximum atomic E-state index is 12.3. The van der Waals surface area contributed by atoms with Crippen molar-refractivity contribution in [1.82, 2.24) is 0 Å². The maximum Gasteiger partial charge on any atom is 0.327 e. The average molecular weight is 507 g/mol. The molecule has 0 fully saturated rings. The van der Waals surface area contributed by atoms with Crippen LogP contribution in [0.15, 0.2) is 48.5 Å². The predicted molar refractivity (Wildman–Crippen MR) is 140 cm³/mol. The van der Waals surface area contributed by atoms with Crippen LogP contribution in [-0.2, 0) is 31.9 Å². The molecule has 0 heterocycles. The lowest BCUT2D eigenvalue weighted by molar-refractivity contribution is -0.147. The zero-order valence-electron chi connectivity index (χ0n) is 20.7. The second kappa shape index (κ2) is 13.2. The van der Waals surface area contributed by atoms with Gasteiger partial charge in [0.15, 0.2) is 0 Å². The fourth-order valence-corrected chi connectivity index (χ4v) is 3.88. The number of hydrogen-bond donors (Lipinski definition) is 0. The van der Waals surface area contributed by atoms with E-state index in [4.69, 9.17) is 32.7 Å². The fraction of sp³-hybridized carbons (Fsp3) is 0.500. The fourth-order valence-electron chi connectivity index (χ4n) is 3.46. The summed E-state index contributed by atoms with van der Waals surface area (Å²) in [5.74, 6) is -0.773. The van der Waals surface area contributed by atoms with Gasteiger partial charge in [0.05, 0.1) is 13.2 Å². The minimum Gasteiger partial charge on any atom is -0.464 e. The van der Waals surface area contributed by atoms with Crippen molar-refractivity contribution in [1.29, 1.82) is 0 Å². The molecule has 2 atom stereocenters. The lowest BCUT2D eigenvalue weighted by Crippen LogP contribution is -2.33. The van der Waals surface area contributed by atoms with Gasteiger partial charge in [-0.1, -0.05) is 75.2 Å². The number of carbonyl (C=O) groups excluding carboxylic acids is 2. The molecule has 4 nitrogen and oxygen atoms in total. The van der Waals surface area contributed by atoms with Gasteiger partial charge in [0.1, 0.15) is 9.75 Å². The van der Waals surface area contributed by atoms with Crippen molar-refractivity contribution in [2.75, 3.05) is 13.2 Å². The number of unbranched alkanes of at least 4 members (excludes halogenated alkanes) is 2. The molecule has 2 aromatic rings.